The van der Waals surface area contributed by atoms with Crippen LogP contribution in [-0.2, 0) is 16.1 Å². The highest BCUT2D eigenvalue weighted by Gasteiger charge is 2.39. The monoisotopic (exact) mass is 350 g/mol. The summed E-state index contributed by atoms with van der Waals surface area (Å²) in [6.45, 7) is 9.71. The molecule has 1 N–H and O–H groups in total. The third kappa shape index (κ3) is 4.59. The van der Waals surface area contributed by atoms with Gasteiger partial charge in [0.1, 0.15) is 5.82 Å². The second kappa shape index (κ2) is 7.85. The van der Waals surface area contributed by atoms with Gasteiger partial charge in [-0.3, -0.25) is 9.69 Å². The highest BCUT2D eigenvalue weighted by Crippen LogP contribution is 2.24. The number of carbonyl (C=O) groups excluding carboxylic acids is 1. The summed E-state index contributed by atoms with van der Waals surface area (Å²) in [6.07, 6.45) is 4.82. The van der Waals surface area contributed by atoms with Crippen LogP contribution >= 0.6 is 0 Å². The minimum atomic E-state index is -0.787. The zero-order valence-corrected chi connectivity index (χ0v) is 15.4. The number of ether oxygens (including phenoxy) is 1. The lowest BCUT2D eigenvalue weighted by Crippen LogP contribution is -2.49. The molecule has 1 atom stereocenters. The Kier molecular flexibility index (Phi) is 5.76. The minimum absolute atomic E-state index is 0.112. The molecule has 7 nitrogen and oxygen atoms in total. The van der Waals surface area contributed by atoms with Crippen LogP contribution in [0, 0.1) is 0 Å². The van der Waals surface area contributed by atoms with Crippen LogP contribution in [0.3, 0.4) is 0 Å². The van der Waals surface area contributed by atoms with Crippen molar-refractivity contribution in [1.82, 2.24) is 19.4 Å². The first-order chi connectivity index (χ1) is 12.0. The molecule has 25 heavy (non-hydrogen) atoms. The second-order valence-corrected chi connectivity index (χ2v) is 7.56. The molecular formula is C18H30N4O3. The number of aryl methyl sites for hydroxylation is 1. The summed E-state index contributed by atoms with van der Waals surface area (Å²) in [4.78, 5) is 21.0. The molecule has 1 aromatic rings. The predicted octanol–water partition coefficient (Wildman–Crippen LogP) is 0.692. The number of rotatable bonds is 6. The van der Waals surface area contributed by atoms with Crippen molar-refractivity contribution in [1.29, 1.82) is 0 Å². The minimum Gasteiger partial charge on any atom is -0.387 e. The lowest BCUT2D eigenvalue weighted by atomic mass is 10.0. The number of β-amino-alcohol motifs (C(OH)–C–C–N with tert-alkyl or cyclic N) is 1. The number of likely N-dealkylation sites (tertiary alicyclic amines) is 1. The zero-order chi connectivity index (χ0) is 17.9. The summed E-state index contributed by atoms with van der Waals surface area (Å²) < 4.78 is 7.41. The molecule has 3 rings (SSSR count). The summed E-state index contributed by atoms with van der Waals surface area (Å²) in [7, 11) is 0. The third-order valence-corrected chi connectivity index (χ3v) is 5.14. The van der Waals surface area contributed by atoms with Gasteiger partial charge in [-0.1, -0.05) is 13.8 Å². The van der Waals surface area contributed by atoms with Gasteiger partial charge < -0.3 is 19.3 Å². The first-order valence-electron chi connectivity index (χ1n) is 9.28. The van der Waals surface area contributed by atoms with Crippen molar-refractivity contribution in [3.8, 4) is 0 Å². The van der Waals surface area contributed by atoms with Crippen LogP contribution < -0.4 is 0 Å². The lowest BCUT2D eigenvalue weighted by Gasteiger charge is -2.33. The van der Waals surface area contributed by atoms with Gasteiger partial charge in [0, 0.05) is 57.5 Å². The Morgan fingerprint density at radius 3 is 2.84 bits per heavy atom. The average Bonchev–Trinajstić information content (AvgIpc) is 3.20. The van der Waals surface area contributed by atoms with Crippen LogP contribution in [-0.4, -0.2) is 81.9 Å². The predicted molar refractivity (Wildman–Crippen MR) is 94.3 cm³/mol. The van der Waals surface area contributed by atoms with Crippen LogP contribution in [0.25, 0.3) is 0 Å². The highest BCUT2D eigenvalue weighted by atomic mass is 16.5. The molecule has 2 aliphatic heterocycles. The summed E-state index contributed by atoms with van der Waals surface area (Å²) >= 11 is 0. The van der Waals surface area contributed by atoms with Gasteiger partial charge >= 0.3 is 0 Å². The molecule has 0 unspecified atom stereocenters. The highest BCUT2D eigenvalue weighted by molar-refractivity contribution is 5.76. The quantitative estimate of drug-likeness (QED) is 0.817. The Balaban J connectivity index is 1.49. The molecule has 2 fully saturated rings. The fourth-order valence-corrected chi connectivity index (χ4v) is 3.76. The molecule has 7 heteroatoms. The van der Waals surface area contributed by atoms with Crippen molar-refractivity contribution in [3.63, 3.8) is 0 Å². The maximum Gasteiger partial charge on any atom is 0.224 e. The molecule has 1 aromatic heterocycles. The lowest BCUT2D eigenvalue weighted by molar-refractivity contribution is -0.131. The Labute approximate surface area is 149 Å². The van der Waals surface area contributed by atoms with Gasteiger partial charge in [0.25, 0.3) is 0 Å². The van der Waals surface area contributed by atoms with E-state index in [1.54, 1.807) is 6.20 Å². The van der Waals surface area contributed by atoms with E-state index in [1.807, 2.05) is 11.1 Å². The van der Waals surface area contributed by atoms with E-state index in [0.29, 0.717) is 44.9 Å². The van der Waals surface area contributed by atoms with E-state index < -0.39 is 5.60 Å². The smallest absolute Gasteiger partial charge is 0.224 e. The molecule has 0 bridgehead atoms. The van der Waals surface area contributed by atoms with Crippen molar-refractivity contribution < 1.29 is 14.6 Å². The largest absolute Gasteiger partial charge is 0.387 e. The summed E-state index contributed by atoms with van der Waals surface area (Å²) in [5.74, 6) is 1.47. The molecule has 2 aliphatic rings. The number of hydrogen-bond acceptors (Lipinski definition) is 5. The van der Waals surface area contributed by atoms with Gasteiger partial charge in [-0.25, -0.2) is 4.98 Å². The van der Waals surface area contributed by atoms with E-state index in [9.17, 15) is 9.90 Å². The first-order valence-corrected chi connectivity index (χ1v) is 9.28. The van der Waals surface area contributed by atoms with Crippen LogP contribution in [0.1, 0.15) is 38.4 Å². The zero-order valence-electron chi connectivity index (χ0n) is 15.4. The molecule has 140 valence electrons. The Morgan fingerprint density at radius 2 is 2.12 bits per heavy atom. The Bertz CT molecular complexity index is 583. The second-order valence-electron chi connectivity index (χ2n) is 7.56. The Morgan fingerprint density at radius 1 is 1.36 bits per heavy atom. The molecule has 2 saturated heterocycles. The number of nitrogens with zero attached hydrogens (tertiary/aromatic N) is 4. The fourth-order valence-electron chi connectivity index (χ4n) is 3.76. The molecule has 0 aromatic carbocycles. The number of aliphatic hydroxyl groups is 1. The van der Waals surface area contributed by atoms with Crippen LogP contribution in [0.5, 0.6) is 0 Å². The van der Waals surface area contributed by atoms with Crippen molar-refractivity contribution in [2.75, 3.05) is 45.9 Å². The van der Waals surface area contributed by atoms with E-state index in [-0.39, 0.29) is 5.91 Å². The van der Waals surface area contributed by atoms with E-state index in [2.05, 4.69) is 28.3 Å². The first kappa shape index (κ1) is 18.4. The number of amides is 1. The van der Waals surface area contributed by atoms with Crippen LogP contribution in [0.2, 0.25) is 0 Å². The molecule has 0 saturated carbocycles. The number of hydrogen-bond donors (Lipinski definition) is 1. The molecule has 0 aliphatic carbocycles. The SMILES string of the molecule is CC(C)c1nccn1CCC(=O)N1CC[C@@](O)(CN2CCOCC2)C1. The maximum atomic E-state index is 12.5. The van der Waals surface area contributed by atoms with E-state index in [0.717, 1.165) is 32.1 Å². The van der Waals surface area contributed by atoms with Gasteiger partial charge in [0.15, 0.2) is 0 Å². The van der Waals surface area contributed by atoms with E-state index in [1.165, 1.54) is 0 Å². The maximum absolute atomic E-state index is 12.5. The molecule has 0 radical (unpaired) electrons. The number of imidazole rings is 1. The van der Waals surface area contributed by atoms with Gasteiger partial charge in [-0.05, 0) is 6.42 Å². The standard InChI is InChI=1S/C18H30N4O3/c1-15(2)17-19-5-8-21(17)6-3-16(23)22-7-4-18(24,14-22)13-20-9-11-25-12-10-20/h5,8,15,24H,3-4,6-7,9-14H2,1-2H3/t18-/m1/s1. The number of morpholine rings is 1. The summed E-state index contributed by atoms with van der Waals surface area (Å²) in [6, 6.07) is 0. The van der Waals surface area contributed by atoms with Crippen molar-refractivity contribution in [2.24, 2.45) is 0 Å². The van der Waals surface area contributed by atoms with Crippen molar-refractivity contribution in [2.45, 2.75) is 44.8 Å². The topological polar surface area (TPSA) is 70.8 Å². The number of carbonyl (C=O) groups is 1. The number of aromatic nitrogens is 2. The van der Waals surface area contributed by atoms with E-state index in [4.69, 9.17) is 4.74 Å². The molecule has 0 spiro atoms. The van der Waals surface area contributed by atoms with Crippen molar-refractivity contribution >= 4 is 5.91 Å². The van der Waals surface area contributed by atoms with Crippen molar-refractivity contribution in [3.05, 3.63) is 18.2 Å². The molecular weight excluding hydrogens is 320 g/mol. The summed E-state index contributed by atoms with van der Waals surface area (Å²) in [5, 5.41) is 10.8. The molecule has 3 heterocycles. The average molecular weight is 350 g/mol. The Hall–Kier alpha value is -1.44. The van der Waals surface area contributed by atoms with Crippen LogP contribution in [0.4, 0.5) is 0 Å². The third-order valence-electron chi connectivity index (χ3n) is 5.14. The van der Waals surface area contributed by atoms with Gasteiger partial charge in [0.05, 0.1) is 25.4 Å². The van der Waals surface area contributed by atoms with Gasteiger partial charge in [-0.2, -0.15) is 0 Å². The fraction of sp³-hybridized carbons (Fsp3) is 0.778. The molecule has 1 amide bonds. The van der Waals surface area contributed by atoms with Crippen LogP contribution in [0.15, 0.2) is 12.4 Å². The van der Waals surface area contributed by atoms with Gasteiger partial charge in [0.2, 0.25) is 5.91 Å². The summed E-state index contributed by atoms with van der Waals surface area (Å²) in [5.41, 5.74) is -0.787. The van der Waals surface area contributed by atoms with E-state index >= 15 is 0 Å². The van der Waals surface area contributed by atoms with Gasteiger partial charge in [-0.15, -0.1) is 0 Å². The normalized spacial score (nSPS) is 25.0.